The topological polar surface area (TPSA) is 12.0 Å². The number of anilines is 1. The Morgan fingerprint density at radius 1 is 0.944 bits per heavy atom. The minimum Gasteiger partial charge on any atom is -0.382 e. The van der Waals surface area contributed by atoms with Crippen molar-refractivity contribution in [3.05, 3.63) is 70.2 Å². The lowest BCUT2D eigenvalue weighted by atomic mass is 10.2. The Morgan fingerprint density at radius 2 is 1.72 bits per heavy atom. The molecule has 0 aliphatic heterocycles. The van der Waals surface area contributed by atoms with E-state index in [-0.39, 0.29) is 0 Å². The SMILES string of the molecule is Clc1ccc(NCC=Cc2ccccc2)cc1Cl. The van der Waals surface area contributed by atoms with E-state index in [9.17, 15) is 0 Å². The van der Waals surface area contributed by atoms with Crippen molar-refractivity contribution < 1.29 is 0 Å². The van der Waals surface area contributed by atoms with Crippen molar-refractivity contribution in [1.82, 2.24) is 0 Å². The van der Waals surface area contributed by atoms with Crippen molar-refractivity contribution in [2.75, 3.05) is 11.9 Å². The highest BCUT2D eigenvalue weighted by Gasteiger charge is 1.97. The van der Waals surface area contributed by atoms with Crippen LogP contribution >= 0.6 is 23.2 Å². The van der Waals surface area contributed by atoms with Gasteiger partial charge in [0.05, 0.1) is 10.0 Å². The molecule has 0 atom stereocenters. The van der Waals surface area contributed by atoms with Crippen molar-refractivity contribution in [1.29, 1.82) is 0 Å². The predicted octanol–water partition coefficient (Wildman–Crippen LogP) is 5.12. The van der Waals surface area contributed by atoms with E-state index in [2.05, 4.69) is 29.6 Å². The average Bonchev–Trinajstić information content (AvgIpc) is 2.40. The minimum absolute atomic E-state index is 0.564. The molecule has 0 bridgehead atoms. The van der Waals surface area contributed by atoms with Crippen LogP contribution in [0, 0.1) is 0 Å². The van der Waals surface area contributed by atoms with Crippen LogP contribution in [-0.4, -0.2) is 6.54 Å². The Balaban J connectivity index is 1.89. The van der Waals surface area contributed by atoms with Gasteiger partial charge in [0.25, 0.3) is 0 Å². The monoisotopic (exact) mass is 277 g/mol. The fourth-order valence-corrected chi connectivity index (χ4v) is 1.84. The van der Waals surface area contributed by atoms with Gasteiger partial charge >= 0.3 is 0 Å². The highest BCUT2D eigenvalue weighted by molar-refractivity contribution is 6.42. The third kappa shape index (κ3) is 3.80. The number of benzene rings is 2. The first-order valence-corrected chi connectivity index (χ1v) is 6.42. The van der Waals surface area contributed by atoms with E-state index >= 15 is 0 Å². The molecule has 18 heavy (non-hydrogen) atoms. The van der Waals surface area contributed by atoms with Crippen LogP contribution in [0.2, 0.25) is 10.0 Å². The second-order valence-electron chi connectivity index (χ2n) is 3.82. The lowest BCUT2D eigenvalue weighted by Crippen LogP contribution is -1.97. The molecule has 0 amide bonds. The van der Waals surface area contributed by atoms with Crippen LogP contribution in [0.25, 0.3) is 6.08 Å². The van der Waals surface area contributed by atoms with Crippen LogP contribution in [0.4, 0.5) is 5.69 Å². The van der Waals surface area contributed by atoms with Gasteiger partial charge in [-0.15, -0.1) is 0 Å². The summed E-state index contributed by atoms with van der Waals surface area (Å²) in [4.78, 5) is 0. The summed E-state index contributed by atoms with van der Waals surface area (Å²) >= 11 is 11.8. The molecule has 2 rings (SSSR count). The fraction of sp³-hybridized carbons (Fsp3) is 0.0667. The molecule has 0 spiro atoms. The van der Waals surface area contributed by atoms with E-state index in [1.165, 1.54) is 5.56 Å². The van der Waals surface area contributed by atoms with Gasteiger partial charge in [-0.1, -0.05) is 65.7 Å². The molecule has 1 N–H and O–H groups in total. The van der Waals surface area contributed by atoms with Gasteiger partial charge in [-0.05, 0) is 23.8 Å². The van der Waals surface area contributed by atoms with Gasteiger partial charge in [0.2, 0.25) is 0 Å². The van der Waals surface area contributed by atoms with Gasteiger partial charge in [0, 0.05) is 12.2 Å². The first kappa shape index (κ1) is 13.0. The number of halogens is 2. The normalized spacial score (nSPS) is 10.8. The molecule has 2 aromatic rings. The Kier molecular flexibility index (Phi) is 4.68. The zero-order valence-corrected chi connectivity index (χ0v) is 11.2. The second-order valence-corrected chi connectivity index (χ2v) is 4.64. The molecule has 0 aromatic heterocycles. The third-order valence-corrected chi connectivity index (χ3v) is 3.19. The average molecular weight is 278 g/mol. The van der Waals surface area contributed by atoms with Crippen LogP contribution < -0.4 is 5.32 Å². The molecule has 0 saturated heterocycles. The van der Waals surface area contributed by atoms with Gasteiger partial charge < -0.3 is 5.32 Å². The van der Waals surface area contributed by atoms with E-state index in [0.29, 0.717) is 10.0 Å². The van der Waals surface area contributed by atoms with Gasteiger partial charge in [0.1, 0.15) is 0 Å². The standard InChI is InChI=1S/C15H13Cl2N/c16-14-9-8-13(11-15(14)17)18-10-4-7-12-5-2-1-3-6-12/h1-9,11,18H,10H2. The summed E-state index contributed by atoms with van der Waals surface area (Å²) in [5.41, 5.74) is 2.15. The molecule has 3 heteroatoms. The highest BCUT2D eigenvalue weighted by Crippen LogP contribution is 2.24. The molecule has 0 aliphatic carbocycles. The smallest absolute Gasteiger partial charge is 0.0612 e. The summed E-state index contributed by atoms with van der Waals surface area (Å²) in [5.74, 6) is 0. The molecule has 0 fully saturated rings. The Labute approximate surface area is 117 Å². The molecule has 0 heterocycles. The molecule has 0 aliphatic rings. The van der Waals surface area contributed by atoms with Crippen molar-refractivity contribution in [2.45, 2.75) is 0 Å². The first-order valence-electron chi connectivity index (χ1n) is 5.66. The summed E-state index contributed by atoms with van der Waals surface area (Å²) in [6.45, 7) is 0.743. The van der Waals surface area contributed by atoms with Crippen molar-refractivity contribution in [3.8, 4) is 0 Å². The Hall–Kier alpha value is -1.44. The molecular weight excluding hydrogens is 265 g/mol. The summed E-state index contributed by atoms with van der Waals surface area (Å²) in [5, 5.41) is 4.39. The van der Waals surface area contributed by atoms with Gasteiger partial charge in [-0.2, -0.15) is 0 Å². The number of nitrogens with one attached hydrogen (secondary N) is 1. The largest absolute Gasteiger partial charge is 0.382 e. The summed E-state index contributed by atoms with van der Waals surface area (Å²) in [6.07, 6.45) is 4.14. The number of rotatable bonds is 4. The number of hydrogen-bond donors (Lipinski definition) is 1. The second kappa shape index (κ2) is 6.48. The molecule has 0 unspecified atom stereocenters. The summed E-state index contributed by atoms with van der Waals surface area (Å²) < 4.78 is 0. The van der Waals surface area contributed by atoms with E-state index in [1.807, 2.05) is 30.3 Å². The highest BCUT2D eigenvalue weighted by atomic mass is 35.5. The van der Waals surface area contributed by atoms with E-state index < -0.39 is 0 Å². The lowest BCUT2D eigenvalue weighted by molar-refractivity contribution is 1.34. The van der Waals surface area contributed by atoms with E-state index in [1.54, 1.807) is 6.07 Å². The molecule has 0 saturated carbocycles. The zero-order valence-electron chi connectivity index (χ0n) is 9.74. The molecule has 1 nitrogen and oxygen atoms in total. The van der Waals surface area contributed by atoms with Crippen molar-refractivity contribution >= 4 is 35.0 Å². The quantitative estimate of drug-likeness (QED) is 0.818. The van der Waals surface area contributed by atoms with Gasteiger partial charge in [-0.3, -0.25) is 0 Å². The van der Waals surface area contributed by atoms with Gasteiger partial charge in [-0.25, -0.2) is 0 Å². The summed E-state index contributed by atoms with van der Waals surface area (Å²) in [6, 6.07) is 15.7. The lowest BCUT2D eigenvalue weighted by Gasteiger charge is -2.04. The van der Waals surface area contributed by atoms with Gasteiger partial charge in [0.15, 0.2) is 0 Å². The minimum atomic E-state index is 0.564. The van der Waals surface area contributed by atoms with Crippen LogP contribution in [0.15, 0.2) is 54.6 Å². The zero-order chi connectivity index (χ0) is 12.8. The maximum atomic E-state index is 5.93. The van der Waals surface area contributed by atoms with Crippen LogP contribution in [0.3, 0.4) is 0 Å². The maximum Gasteiger partial charge on any atom is 0.0612 e. The maximum absolute atomic E-state index is 5.93. The van der Waals surface area contributed by atoms with Crippen LogP contribution in [-0.2, 0) is 0 Å². The fourth-order valence-electron chi connectivity index (χ4n) is 1.54. The summed E-state index contributed by atoms with van der Waals surface area (Å²) in [7, 11) is 0. The number of hydrogen-bond acceptors (Lipinski definition) is 1. The molecule has 92 valence electrons. The predicted molar refractivity (Wildman–Crippen MR) is 80.4 cm³/mol. The van der Waals surface area contributed by atoms with Crippen LogP contribution in [0.1, 0.15) is 5.56 Å². The van der Waals surface area contributed by atoms with Crippen LogP contribution in [0.5, 0.6) is 0 Å². The van der Waals surface area contributed by atoms with E-state index in [4.69, 9.17) is 23.2 Å². The molecule has 2 aromatic carbocycles. The van der Waals surface area contributed by atoms with Crippen molar-refractivity contribution in [3.63, 3.8) is 0 Å². The first-order chi connectivity index (χ1) is 8.75. The van der Waals surface area contributed by atoms with Crippen molar-refractivity contribution in [2.24, 2.45) is 0 Å². The molecule has 0 radical (unpaired) electrons. The van der Waals surface area contributed by atoms with E-state index in [0.717, 1.165) is 12.2 Å². The Morgan fingerprint density at radius 3 is 2.44 bits per heavy atom. The molecular formula is C15H13Cl2N. The Bertz CT molecular complexity index is 535. The third-order valence-electron chi connectivity index (χ3n) is 2.45.